The van der Waals surface area contributed by atoms with Crippen molar-refractivity contribution in [1.29, 1.82) is 0 Å². The Morgan fingerprint density at radius 2 is 1.88 bits per heavy atom. The van der Waals surface area contributed by atoms with Gasteiger partial charge in [-0.2, -0.15) is 0 Å². The topological polar surface area (TPSA) is 35.2 Å². The summed E-state index contributed by atoms with van der Waals surface area (Å²) in [6, 6.07) is 9.76. The van der Waals surface area contributed by atoms with Gasteiger partial charge in [-0.1, -0.05) is 23.7 Å². The average Bonchev–Trinajstić information content (AvgIpc) is 2.29. The van der Waals surface area contributed by atoms with Crippen LogP contribution in [0.2, 0.25) is 5.02 Å². The second-order valence-corrected chi connectivity index (χ2v) is 4.60. The summed E-state index contributed by atoms with van der Waals surface area (Å²) < 4.78 is 19.4. The number of nitrogen functional groups attached to an aromatic ring is 1. The summed E-state index contributed by atoms with van der Waals surface area (Å²) in [5.41, 5.74) is 5.85. The molecule has 0 aromatic heterocycles. The molecule has 0 heterocycles. The van der Waals surface area contributed by atoms with Gasteiger partial charge >= 0.3 is 0 Å². The molecule has 2 aromatic carbocycles. The van der Waals surface area contributed by atoms with Crippen LogP contribution < -0.4 is 10.5 Å². The highest BCUT2D eigenvalue weighted by Crippen LogP contribution is 2.35. The highest BCUT2D eigenvalue weighted by Gasteiger charge is 2.09. The lowest BCUT2D eigenvalue weighted by atomic mass is 10.3. The average molecular weight is 317 g/mol. The van der Waals surface area contributed by atoms with Crippen molar-refractivity contribution in [2.75, 3.05) is 5.73 Å². The Morgan fingerprint density at radius 1 is 1.18 bits per heavy atom. The lowest BCUT2D eigenvalue weighted by Crippen LogP contribution is -1.94. The molecule has 0 atom stereocenters. The standard InChI is InChI=1S/C12H8BrClFNO/c13-7-3-1-2-4-11(7)17-12-5-8(14)9(15)6-10(12)16/h1-6H,16H2. The molecule has 17 heavy (non-hydrogen) atoms. The van der Waals surface area contributed by atoms with E-state index in [-0.39, 0.29) is 10.7 Å². The van der Waals surface area contributed by atoms with Gasteiger partial charge in [-0.05, 0) is 28.1 Å². The van der Waals surface area contributed by atoms with Crippen molar-refractivity contribution < 1.29 is 9.13 Å². The zero-order chi connectivity index (χ0) is 12.4. The summed E-state index contributed by atoms with van der Waals surface area (Å²) in [4.78, 5) is 0. The van der Waals surface area contributed by atoms with Gasteiger partial charge < -0.3 is 10.5 Å². The minimum Gasteiger partial charge on any atom is -0.454 e. The van der Waals surface area contributed by atoms with Gasteiger partial charge in [-0.3, -0.25) is 0 Å². The van der Waals surface area contributed by atoms with E-state index in [2.05, 4.69) is 15.9 Å². The van der Waals surface area contributed by atoms with Gasteiger partial charge in [-0.15, -0.1) is 0 Å². The fourth-order valence-corrected chi connectivity index (χ4v) is 1.80. The molecule has 0 aliphatic carbocycles. The Morgan fingerprint density at radius 3 is 2.59 bits per heavy atom. The number of benzene rings is 2. The zero-order valence-corrected chi connectivity index (χ0v) is 10.9. The maximum atomic E-state index is 13.1. The van der Waals surface area contributed by atoms with E-state index in [1.54, 1.807) is 6.07 Å². The molecule has 0 amide bonds. The third-order valence-corrected chi connectivity index (χ3v) is 3.05. The van der Waals surface area contributed by atoms with Gasteiger partial charge in [0.05, 0.1) is 15.2 Å². The largest absolute Gasteiger partial charge is 0.454 e. The van der Waals surface area contributed by atoms with E-state index in [1.807, 2.05) is 18.2 Å². The molecular weight excluding hydrogens is 308 g/mol. The molecule has 0 saturated carbocycles. The highest BCUT2D eigenvalue weighted by atomic mass is 79.9. The summed E-state index contributed by atoms with van der Waals surface area (Å²) in [6.45, 7) is 0. The lowest BCUT2D eigenvalue weighted by molar-refractivity contribution is 0.480. The van der Waals surface area contributed by atoms with E-state index < -0.39 is 5.82 Å². The van der Waals surface area contributed by atoms with E-state index in [0.29, 0.717) is 11.5 Å². The molecule has 2 aromatic rings. The van der Waals surface area contributed by atoms with Crippen molar-refractivity contribution in [2.24, 2.45) is 0 Å². The molecule has 2 N–H and O–H groups in total. The Labute approximate surface area is 111 Å². The van der Waals surface area contributed by atoms with Crippen LogP contribution in [-0.2, 0) is 0 Å². The molecule has 5 heteroatoms. The van der Waals surface area contributed by atoms with Crippen LogP contribution in [0.4, 0.5) is 10.1 Å². The lowest BCUT2D eigenvalue weighted by Gasteiger charge is -2.10. The molecule has 0 aliphatic heterocycles. The van der Waals surface area contributed by atoms with Crippen LogP contribution in [0.3, 0.4) is 0 Å². The monoisotopic (exact) mass is 315 g/mol. The van der Waals surface area contributed by atoms with Gasteiger partial charge in [0.25, 0.3) is 0 Å². The van der Waals surface area contributed by atoms with Crippen molar-refractivity contribution in [1.82, 2.24) is 0 Å². The predicted molar refractivity (Wildman–Crippen MR) is 70.0 cm³/mol. The summed E-state index contributed by atoms with van der Waals surface area (Å²) in [7, 11) is 0. The van der Waals surface area contributed by atoms with Gasteiger partial charge in [0.2, 0.25) is 0 Å². The number of para-hydroxylation sites is 1. The SMILES string of the molecule is Nc1cc(F)c(Cl)cc1Oc1ccccc1Br. The molecule has 0 fully saturated rings. The summed E-state index contributed by atoms with van der Waals surface area (Å²) in [5, 5.41) is -0.0266. The molecule has 0 aliphatic rings. The van der Waals surface area contributed by atoms with Gasteiger partial charge in [0.15, 0.2) is 5.75 Å². The summed E-state index contributed by atoms with van der Waals surface area (Å²) in [6.07, 6.45) is 0. The Kier molecular flexibility index (Phi) is 3.54. The third-order valence-electron chi connectivity index (χ3n) is 2.11. The zero-order valence-electron chi connectivity index (χ0n) is 8.58. The predicted octanol–water partition coefficient (Wildman–Crippen LogP) is 4.62. The minimum absolute atomic E-state index is 0.0266. The first-order valence-corrected chi connectivity index (χ1v) is 5.92. The molecule has 2 nitrogen and oxygen atoms in total. The molecule has 0 radical (unpaired) electrons. The van der Waals surface area contributed by atoms with Crippen LogP contribution in [0.5, 0.6) is 11.5 Å². The van der Waals surface area contributed by atoms with E-state index in [9.17, 15) is 4.39 Å². The first-order valence-electron chi connectivity index (χ1n) is 4.75. The second-order valence-electron chi connectivity index (χ2n) is 3.34. The van der Waals surface area contributed by atoms with Gasteiger partial charge in [0, 0.05) is 12.1 Å². The van der Waals surface area contributed by atoms with Gasteiger partial charge in [0.1, 0.15) is 11.6 Å². The van der Waals surface area contributed by atoms with Crippen LogP contribution in [0.1, 0.15) is 0 Å². The minimum atomic E-state index is -0.566. The smallest absolute Gasteiger partial charge is 0.152 e. The molecule has 2 rings (SSSR count). The number of ether oxygens (including phenoxy) is 1. The number of hydrogen-bond donors (Lipinski definition) is 1. The number of rotatable bonds is 2. The van der Waals surface area contributed by atoms with Gasteiger partial charge in [-0.25, -0.2) is 4.39 Å². The highest BCUT2D eigenvalue weighted by molar-refractivity contribution is 9.10. The Balaban J connectivity index is 2.37. The Bertz CT molecular complexity index is 562. The Hall–Kier alpha value is -1.26. The number of nitrogens with two attached hydrogens (primary N) is 1. The van der Waals surface area contributed by atoms with E-state index in [4.69, 9.17) is 22.1 Å². The first-order chi connectivity index (χ1) is 8.08. The first kappa shape index (κ1) is 12.2. The second kappa shape index (κ2) is 4.94. The summed E-state index contributed by atoms with van der Waals surface area (Å²) in [5.74, 6) is 0.341. The number of anilines is 1. The van der Waals surface area contributed by atoms with E-state index >= 15 is 0 Å². The van der Waals surface area contributed by atoms with Crippen molar-refractivity contribution in [2.45, 2.75) is 0 Å². The van der Waals surface area contributed by atoms with Crippen molar-refractivity contribution >= 4 is 33.2 Å². The quantitative estimate of drug-likeness (QED) is 0.821. The third kappa shape index (κ3) is 2.70. The fourth-order valence-electron chi connectivity index (χ4n) is 1.28. The molecule has 0 bridgehead atoms. The molecule has 0 spiro atoms. The number of halogens is 3. The van der Waals surface area contributed by atoms with Crippen molar-refractivity contribution in [3.8, 4) is 11.5 Å². The summed E-state index contributed by atoms with van der Waals surface area (Å²) >= 11 is 9.01. The van der Waals surface area contributed by atoms with Crippen LogP contribution in [-0.4, -0.2) is 0 Å². The van der Waals surface area contributed by atoms with Crippen LogP contribution in [0, 0.1) is 5.82 Å². The maximum Gasteiger partial charge on any atom is 0.152 e. The van der Waals surface area contributed by atoms with E-state index in [0.717, 1.165) is 10.5 Å². The fraction of sp³-hybridized carbons (Fsp3) is 0. The number of hydrogen-bond acceptors (Lipinski definition) is 2. The van der Waals surface area contributed by atoms with Crippen molar-refractivity contribution in [3.05, 3.63) is 51.7 Å². The molecule has 0 saturated heterocycles. The van der Waals surface area contributed by atoms with Crippen molar-refractivity contribution in [3.63, 3.8) is 0 Å². The molecular formula is C12H8BrClFNO. The van der Waals surface area contributed by atoms with Crippen LogP contribution in [0.15, 0.2) is 40.9 Å². The molecule has 0 unspecified atom stereocenters. The molecule has 88 valence electrons. The van der Waals surface area contributed by atoms with Crippen LogP contribution >= 0.6 is 27.5 Å². The maximum absolute atomic E-state index is 13.1. The van der Waals surface area contributed by atoms with Crippen LogP contribution in [0.25, 0.3) is 0 Å². The normalized spacial score (nSPS) is 10.3. The van der Waals surface area contributed by atoms with E-state index in [1.165, 1.54) is 6.07 Å².